The molecule has 2 heterocycles. The number of aromatic nitrogens is 1. The molecule has 0 atom stereocenters. The summed E-state index contributed by atoms with van der Waals surface area (Å²) in [5, 5.41) is 0.899. The van der Waals surface area contributed by atoms with Gasteiger partial charge in [0.15, 0.2) is 0 Å². The summed E-state index contributed by atoms with van der Waals surface area (Å²) in [5.41, 5.74) is 2.36. The van der Waals surface area contributed by atoms with Crippen LogP contribution in [0.3, 0.4) is 0 Å². The molecule has 0 spiro atoms. The molecule has 104 valence electrons. The first-order valence-corrected chi connectivity index (χ1v) is 7.87. The molecule has 1 aliphatic rings. The molecule has 0 saturated heterocycles. The molecule has 4 rings (SSSR count). The summed E-state index contributed by atoms with van der Waals surface area (Å²) in [5.74, 6) is 0. The number of anilines is 3. The predicted molar refractivity (Wildman–Crippen MR) is 82.9 cm³/mol. The van der Waals surface area contributed by atoms with Gasteiger partial charge in [0.05, 0.1) is 16.9 Å². The van der Waals surface area contributed by atoms with Crippen molar-refractivity contribution in [2.75, 3.05) is 9.03 Å². The van der Waals surface area contributed by atoms with E-state index in [2.05, 4.69) is 9.71 Å². The molecule has 5 nitrogen and oxygen atoms in total. The summed E-state index contributed by atoms with van der Waals surface area (Å²) in [6.45, 7) is 0. The van der Waals surface area contributed by atoms with Crippen molar-refractivity contribution in [2.45, 2.75) is 0 Å². The molecule has 3 aromatic rings. The van der Waals surface area contributed by atoms with E-state index < -0.39 is 10.2 Å². The smallest absolute Gasteiger partial charge is 0.264 e. The Labute approximate surface area is 122 Å². The van der Waals surface area contributed by atoms with E-state index in [4.69, 9.17) is 0 Å². The zero-order chi connectivity index (χ0) is 14.4. The molecule has 0 saturated carbocycles. The number of hydrogen-bond donors (Lipinski definition) is 1. The van der Waals surface area contributed by atoms with Gasteiger partial charge < -0.3 is 0 Å². The molecule has 21 heavy (non-hydrogen) atoms. The van der Waals surface area contributed by atoms with Crippen LogP contribution in [0.25, 0.3) is 10.9 Å². The van der Waals surface area contributed by atoms with Gasteiger partial charge in [-0.25, -0.2) is 4.31 Å². The Hall–Kier alpha value is -2.60. The Morgan fingerprint density at radius 1 is 0.952 bits per heavy atom. The Bertz CT molecular complexity index is 940. The molecular weight excluding hydrogens is 286 g/mol. The van der Waals surface area contributed by atoms with E-state index in [1.54, 1.807) is 36.5 Å². The SMILES string of the molecule is O=S1(=O)Nc2ccc3cccnc3c2N1c1ccccc1. The molecule has 0 unspecified atom stereocenters. The van der Waals surface area contributed by atoms with Gasteiger partial charge in [-0.1, -0.05) is 30.3 Å². The Morgan fingerprint density at radius 3 is 2.57 bits per heavy atom. The lowest BCUT2D eigenvalue weighted by atomic mass is 10.1. The third-order valence-electron chi connectivity index (χ3n) is 3.42. The summed E-state index contributed by atoms with van der Waals surface area (Å²) in [7, 11) is -3.65. The van der Waals surface area contributed by atoms with E-state index >= 15 is 0 Å². The fraction of sp³-hybridized carbons (Fsp3) is 0. The first kappa shape index (κ1) is 12.2. The maximum atomic E-state index is 12.4. The van der Waals surface area contributed by atoms with Gasteiger partial charge in [-0.2, -0.15) is 8.42 Å². The summed E-state index contributed by atoms with van der Waals surface area (Å²) < 4.78 is 28.8. The largest absolute Gasteiger partial charge is 0.328 e. The Kier molecular flexibility index (Phi) is 2.43. The van der Waals surface area contributed by atoms with Crippen LogP contribution in [-0.4, -0.2) is 13.4 Å². The minimum absolute atomic E-state index is 0.546. The van der Waals surface area contributed by atoms with Gasteiger partial charge in [0.1, 0.15) is 5.69 Å². The molecule has 1 aromatic heterocycles. The molecule has 0 amide bonds. The topological polar surface area (TPSA) is 62.3 Å². The number of rotatable bonds is 1. The molecule has 1 N–H and O–H groups in total. The van der Waals surface area contributed by atoms with Crippen molar-refractivity contribution in [3.05, 3.63) is 60.8 Å². The third kappa shape index (κ3) is 1.76. The average Bonchev–Trinajstić information content (AvgIpc) is 2.78. The van der Waals surface area contributed by atoms with Crippen molar-refractivity contribution in [3.63, 3.8) is 0 Å². The molecule has 0 radical (unpaired) electrons. The van der Waals surface area contributed by atoms with Crippen LogP contribution in [0.4, 0.5) is 17.1 Å². The van der Waals surface area contributed by atoms with E-state index in [0.717, 1.165) is 5.39 Å². The van der Waals surface area contributed by atoms with Gasteiger partial charge >= 0.3 is 10.2 Å². The van der Waals surface area contributed by atoms with E-state index in [0.29, 0.717) is 22.6 Å². The molecule has 0 bridgehead atoms. The maximum Gasteiger partial charge on any atom is 0.328 e. The number of nitrogens with one attached hydrogen (secondary N) is 1. The monoisotopic (exact) mass is 297 g/mol. The quantitative estimate of drug-likeness (QED) is 0.751. The molecule has 6 heteroatoms. The second-order valence-electron chi connectivity index (χ2n) is 4.74. The summed E-state index contributed by atoms with van der Waals surface area (Å²) in [4.78, 5) is 4.35. The van der Waals surface area contributed by atoms with E-state index in [9.17, 15) is 8.42 Å². The van der Waals surface area contributed by atoms with Gasteiger partial charge in [0.25, 0.3) is 0 Å². The van der Waals surface area contributed by atoms with Crippen molar-refractivity contribution >= 4 is 38.2 Å². The predicted octanol–water partition coefficient (Wildman–Crippen LogP) is 3.04. The van der Waals surface area contributed by atoms with Crippen LogP contribution in [0.15, 0.2) is 60.8 Å². The van der Waals surface area contributed by atoms with Gasteiger partial charge in [-0.3, -0.25) is 9.71 Å². The fourth-order valence-corrected chi connectivity index (χ4v) is 3.91. The number of hydrogen-bond acceptors (Lipinski definition) is 3. The van der Waals surface area contributed by atoms with Crippen molar-refractivity contribution < 1.29 is 8.42 Å². The number of benzene rings is 2. The maximum absolute atomic E-state index is 12.4. The lowest BCUT2D eigenvalue weighted by Crippen LogP contribution is -2.25. The fourth-order valence-electron chi connectivity index (χ4n) is 2.55. The van der Waals surface area contributed by atoms with Crippen molar-refractivity contribution in [1.82, 2.24) is 4.98 Å². The highest BCUT2D eigenvalue weighted by Crippen LogP contribution is 2.44. The van der Waals surface area contributed by atoms with Crippen molar-refractivity contribution in [3.8, 4) is 0 Å². The van der Waals surface area contributed by atoms with Gasteiger partial charge in [-0.15, -0.1) is 0 Å². The van der Waals surface area contributed by atoms with Crippen LogP contribution in [0.2, 0.25) is 0 Å². The standard InChI is InChI=1S/C15H11N3O2S/c19-21(20)17-13-9-8-11-5-4-10-16-14(11)15(13)18(21)12-6-2-1-3-7-12/h1-10,17H. The van der Waals surface area contributed by atoms with E-state index in [1.807, 2.05) is 24.3 Å². The molecule has 1 aliphatic heterocycles. The van der Waals surface area contributed by atoms with Crippen molar-refractivity contribution in [1.29, 1.82) is 0 Å². The first-order valence-electron chi connectivity index (χ1n) is 6.43. The molecular formula is C15H11N3O2S. The Morgan fingerprint density at radius 2 is 1.76 bits per heavy atom. The lowest BCUT2D eigenvalue weighted by Gasteiger charge is -2.17. The van der Waals surface area contributed by atoms with E-state index in [1.165, 1.54) is 4.31 Å². The zero-order valence-electron chi connectivity index (χ0n) is 10.9. The highest BCUT2D eigenvalue weighted by atomic mass is 32.2. The van der Waals surface area contributed by atoms with Crippen molar-refractivity contribution in [2.24, 2.45) is 0 Å². The number of pyridine rings is 1. The minimum atomic E-state index is -3.65. The van der Waals surface area contributed by atoms with Gasteiger partial charge in [-0.05, 0) is 24.3 Å². The van der Waals surface area contributed by atoms with Crippen LogP contribution >= 0.6 is 0 Å². The zero-order valence-corrected chi connectivity index (χ0v) is 11.7. The summed E-state index contributed by atoms with van der Waals surface area (Å²) >= 11 is 0. The molecule has 0 fully saturated rings. The second kappa shape index (κ2) is 4.20. The van der Waals surface area contributed by atoms with Crippen LogP contribution in [0.1, 0.15) is 0 Å². The minimum Gasteiger partial charge on any atom is -0.264 e. The Balaban J connectivity index is 2.08. The molecule has 2 aromatic carbocycles. The second-order valence-corrected chi connectivity index (χ2v) is 6.26. The van der Waals surface area contributed by atoms with Crippen LogP contribution in [0, 0.1) is 0 Å². The number of nitrogens with zero attached hydrogens (tertiary/aromatic N) is 2. The highest BCUT2D eigenvalue weighted by Gasteiger charge is 2.35. The third-order valence-corrected chi connectivity index (χ3v) is 4.77. The van der Waals surface area contributed by atoms with Gasteiger partial charge in [0, 0.05) is 11.6 Å². The normalized spacial score (nSPS) is 15.7. The molecule has 0 aliphatic carbocycles. The number of fused-ring (bicyclic) bond motifs is 3. The number of para-hydroxylation sites is 1. The van der Waals surface area contributed by atoms with Crippen LogP contribution < -0.4 is 9.03 Å². The average molecular weight is 297 g/mol. The summed E-state index contributed by atoms with van der Waals surface area (Å²) in [6.07, 6.45) is 1.66. The van der Waals surface area contributed by atoms with E-state index in [-0.39, 0.29) is 0 Å². The summed E-state index contributed by atoms with van der Waals surface area (Å²) in [6, 6.07) is 16.4. The van der Waals surface area contributed by atoms with Gasteiger partial charge in [0.2, 0.25) is 0 Å². The highest BCUT2D eigenvalue weighted by molar-refractivity contribution is 7.95. The van der Waals surface area contributed by atoms with Crippen LogP contribution in [-0.2, 0) is 10.2 Å². The first-order chi connectivity index (χ1) is 10.2. The van der Waals surface area contributed by atoms with Crippen LogP contribution in [0.5, 0.6) is 0 Å². The lowest BCUT2D eigenvalue weighted by molar-refractivity contribution is 0.603.